The van der Waals surface area contributed by atoms with Gasteiger partial charge in [0, 0.05) is 48.9 Å². The second-order valence-corrected chi connectivity index (χ2v) is 6.97. The first-order valence-electron chi connectivity index (χ1n) is 9.50. The molecule has 9 heteroatoms. The van der Waals surface area contributed by atoms with E-state index in [0.29, 0.717) is 36.6 Å². The van der Waals surface area contributed by atoms with Gasteiger partial charge in [-0.1, -0.05) is 6.07 Å². The summed E-state index contributed by atoms with van der Waals surface area (Å²) >= 11 is 0. The SMILES string of the molecule is O=C(c1ccc2cc(Oc3ccc(C(F)F)cn3)ccc2n1)N1CCN[C@@H](CO)C1. The normalized spacial score (nSPS) is 16.8. The van der Waals surface area contributed by atoms with Crippen LogP contribution in [0.15, 0.2) is 48.7 Å². The fraction of sp³-hybridized carbons (Fsp3) is 0.286. The number of benzene rings is 1. The van der Waals surface area contributed by atoms with Crippen LogP contribution in [0.5, 0.6) is 11.6 Å². The van der Waals surface area contributed by atoms with Crippen molar-refractivity contribution in [3.05, 3.63) is 59.9 Å². The molecule has 0 saturated carbocycles. The number of rotatable bonds is 5. The van der Waals surface area contributed by atoms with Gasteiger partial charge in [-0.3, -0.25) is 4.79 Å². The number of nitrogens with zero attached hydrogens (tertiary/aromatic N) is 3. The Balaban J connectivity index is 1.50. The molecule has 1 aliphatic rings. The van der Waals surface area contributed by atoms with E-state index in [1.54, 1.807) is 35.2 Å². The number of ether oxygens (including phenoxy) is 1. The summed E-state index contributed by atoms with van der Waals surface area (Å²) in [5.41, 5.74) is 0.791. The summed E-state index contributed by atoms with van der Waals surface area (Å²) in [4.78, 5) is 22.8. The lowest BCUT2D eigenvalue weighted by molar-refractivity contribution is 0.0666. The lowest BCUT2D eigenvalue weighted by Crippen LogP contribution is -2.54. The molecule has 2 N–H and O–H groups in total. The van der Waals surface area contributed by atoms with Crippen molar-refractivity contribution in [2.75, 3.05) is 26.2 Å². The molecule has 1 atom stereocenters. The Morgan fingerprint density at radius 2 is 2.13 bits per heavy atom. The summed E-state index contributed by atoms with van der Waals surface area (Å²) in [5.74, 6) is 0.504. The molecule has 0 spiro atoms. The second-order valence-electron chi connectivity index (χ2n) is 6.97. The molecule has 3 heterocycles. The van der Waals surface area contributed by atoms with Crippen LogP contribution in [-0.2, 0) is 0 Å². The molecule has 156 valence electrons. The molecule has 0 unspecified atom stereocenters. The number of aromatic nitrogens is 2. The van der Waals surface area contributed by atoms with Gasteiger partial charge in [0.2, 0.25) is 5.88 Å². The Morgan fingerprint density at radius 1 is 1.27 bits per heavy atom. The van der Waals surface area contributed by atoms with Crippen LogP contribution >= 0.6 is 0 Å². The number of aliphatic hydroxyl groups is 1. The summed E-state index contributed by atoms with van der Waals surface area (Å²) < 4.78 is 30.9. The van der Waals surface area contributed by atoms with E-state index in [0.717, 1.165) is 11.6 Å². The molecule has 1 saturated heterocycles. The molecular weight excluding hydrogens is 394 g/mol. The van der Waals surface area contributed by atoms with E-state index in [1.165, 1.54) is 12.1 Å². The average molecular weight is 414 g/mol. The number of halogens is 2. The Kier molecular flexibility index (Phi) is 5.82. The van der Waals surface area contributed by atoms with Crippen LogP contribution in [0.3, 0.4) is 0 Å². The highest BCUT2D eigenvalue weighted by Crippen LogP contribution is 2.26. The molecule has 4 rings (SSSR count). The van der Waals surface area contributed by atoms with Gasteiger partial charge in [0.15, 0.2) is 0 Å². The topological polar surface area (TPSA) is 87.6 Å². The Bertz CT molecular complexity index is 1050. The first-order chi connectivity index (χ1) is 14.5. The van der Waals surface area contributed by atoms with Crippen LogP contribution < -0.4 is 10.1 Å². The monoisotopic (exact) mass is 414 g/mol. The predicted octanol–water partition coefficient (Wildman–Crippen LogP) is 2.77. The first kappa shape index (κ1) is 20.1. The van der Waals surface area contributed by atoms with Gasteiger partial charge in [0.25, 0.3) is 12.3 Å². The summed E-state index contributed by atoms with van der Waals surface area (Å²) in [7, 11) is 0. The number of carbonyl (C=O) groups excluding carboxylic acids is 1. The van der Waals surface area contributed by atoms with Crippen molar-refractivity contribution in [2.45, 2.75) is 12.5 Å². The van der Waals surface area contributed by atoms with Crippen LogP contribution in [-0.4, -0.2) is 58.2 Å². The number of carbonyl (C=O) groups is 1. The third-order valence-corrected chi connectivity index (χ3v) is 4.88. The smallest absolute Gasteiger partial charge is 0.272 e. The van der Waals surface area contributed by atoms with E-state index in [4.69, 9.17) is 4.74 Å². The summed E-state index contributed by atoms with van der Waals surface area (Å²) in [6, 6.07) is 11.1. The van der Waals surface area contributed by atoms with Crippen molar-refractivity contribution in [2.24, 2.45) is 0 Å². The zero-order valence-corrected chi connectivity index (χ0v) is 16.0. The zero-order chi connectivity index (χ0) is 21.1. The van der Waals surface area contributed by atoms with Gasteiger partial charge in [-0.05, 0) is 30.3 Å². The maximum atomic E-state index is 12.8. The Hall–Kier alpha value is -3.17. The fourth-order valence-electron chi connectivity index (χ4n) is 3.28. The largest absolute Gasteiger partial charge is 0.439 e. The number of nitrogens with one attached hydrogen (secondary N) is 1. The lowest BCUT2D eigenvalue weighted by atomic mass is 10.1. The van der Waals surface area contributed by atoms with Gasteiger partial charge in [0.1, 0.15) is 11.4 Å². The highest BCUT2D eigenvalue weighted by molar-refractivity contribution is 5.95. The van der Waals surface area contributed by atoms with E-state index in [1.807, 2.05) is 0 Å². The van der Waals surface area contributed by atoms with Gasteiger partial charge in [-0.2, -0.15) is 0 Å². The molecule has 1 aliphatic heterocycles. The number of hydrogen-bond acceptors (Lipinski definition) is 6. The van der Waals surface area contributed by atoms with Crippen molar-refractivity contribution in [1.82, 2.24) is 20.2 Å². The van der Waals surface area contributed by atoms with E-state index in [2.05, 4.69) is 15.3 Å². The quantitative estimate of drug-likeness (QED) is 0.668. The molecular formula is C21H20F2N4O3. The highest BCUT2D eigenvalue weighted by atomic mass is 19.3. The van der Waals surface area contributed by atoms with Crippen LogP contribution in [0.25, 0.3) is 10.9 Å². The van der Waals surface area contributed by atoms with E-state index in [9.17, 15) is 18.7 Å². The zero-order valence-electron chi connectivity index (χ0n) is 16.0. The van der Waals surface area contributed by atoms with Crippen LogP contribution in [0.4, 0.5) is 8.78 Å². The number of pyridine rings is 2. The van der Waals surface area contributed by atoms with Crippen molar-refractivity contribution < 1.29 is 23.4 Å². The number of alkyl halides is 2. The third-order valence-electron chi connectivity index (χ3n) is 4.88. The van der Waals surface area contributed by atoms with Gasteiger partial charge < -0.3 is 20.1 Å². The fourth-order valence-corrected chi connectivity index (χ4v) is 3.28. The van der Waals surface area contributed by atoms with Gasteiger partial charge in [0.05, 0.1) is 12.1 Å². The van der Waals surface area contributed by atoms with Crippen molar-refractivity contribution in [3.8, 4) is 11.6 Å². The van der Waals surface area contributed by atoms with Crippen LogP contribution in [0.2, 0.25) is 0 Å². The molecule has 1 aromatic carbocycles. The maximum Gasteiger partial charge on any atom is 0.272 e. The van der Waals surface area contributed by atoms with Gasteiger partial charge >= 0.3 is 0 Å². The Morgan fingerprint density at radius 3 is 2.87 bits per heavy atom. The molecule has 0 bridgehead atoms. The summed E-state index contributed by atoms with van der Waals surface area (Å²) in [6.45, 7) is 1.58. The maximum absolute atomic E-state index is 12.8. The van der Waals surface area contributed by atoms with Crippen molar-refractivity contribution in [1.29, 1.82) is 0 Å². The van der Waals surface area contributed by atoms with E-state index >= 15 is 0 Å². The summed E-state index contributed by atoms with van der Waals surface area (Å²) in [5, 5.41) is 13.2. The number of fused-ring (bicyclic) bond motifs is 1. The molecule has 30 heavy (non-hydrogen) atoms. The molecule has 0 radical (unpaired) electrons. The van der Waals surface area contributed by atoms with Gasteiger partial charge in [-0.15, -0.1) is 0 Å². The van der Waals surface area contributed by atoms with E-state index in [-0.39, 0.29) is 30.0 Å². The molecule has 0 aliphatic carbocycles. The number of amides is 1. The average Bonchev–Trinajstić information content (AvgIpc) is 2.78. The number of piperazine rings is 1. The number of hydrogen-bond donors (Lipinski definition) is 2. The number of aliphatic hydroxyl groups excluding tert-OH is 1. The van der Waals surface area contributed by atoms with Crippen LogP contribution in [0, 0.1) is 0 Å². The van der Waals surface area contributed by atoms with Crippen LogP contribution in [0.1, 0.15) is 22.5 Å². The van der Waals surface area contributed by atoms with E-state index < -0.39 is 6.43 Å². The standard InChI is InChI=1S/C21H20F2N4O3/c22-20(23)14-2-6-19(25-10-14)30-16-3-5-17-13(9-16)1-4-18(26-17)21(29)27-8-7-24-15(11-27)12-28/h1-6,9-10,15,20,24,28H,7-8,11-12H2/t15-/m1/s1. The van der Waals surface area contributed by atoms with Crippen molar-refractivity contribution in [3.63, 3.8) is 0 Å². The summed E-state index contributed by atoms with van der Waals surface area (Å²) in [6.07, 6.45) is -1.50. The van der Waals surface area contributed by atoms with Gasteiger partial charge in [-0.25, -0.2) is 18.7 Å². The minimum Gasteiger partial charge on any atom is -0.439 e. The van der Waals surface area contributed by atoms with Crippen molar-refractivity contribution >= 4 is 16.8 Å². The minimum atomic E-state index is -2.58. The molecule has 2 aromatic heterocycles. The molecule has 1 amide bonds. The third kappa shape index (κ3) is 4.37. The molecule has 1 fully saturated rings. The minimum absolute atomic E-state index is 0.0303. The Labute approximate surface area is 171 Å². The molecule has 3 aromatic rings. The predicted molar refractivity (Wildman–Crippen MR) is 106 cm³/mol. The highest BCUT2D eigenvalue weighted by Gasteiger charge is 2.24. The molecule has 7 nitrogen and oxygen atoms in total. The lowest BCUT2D eigenvalue weighted by Gasteiger charge is -2.32. The second kappa shape index (κ2) is 8.68. The first-order valence-corrected chi connectivity index (χ1v) is 9.50.